The number of amidine groups is 1. The van der Waals surface area contributed by atoms with Gasteiger partial charge in [0.15, 0.2) is 0 Å². The van der Waals surface area contributed by atoms with Gasteiger partial charge in [0.1, 0.15) is 5.84 Å². The first kappa shape index (κ1) is 14.4. The Balaban J connectivity index is 2.38. The van der Waals surface area contributed by atoms with E-state index in [-0.39, 0.29) is 0 Å². The Hall–Kier alpha value is -0.990. The average Bonchev–Trinajstić information content (AvgIpc) is 2.83. The van der Waals surface area contributed by atoms with Gasteiger partial charge in [0.2, 0.25) is 0 Å². The lowest BCUT2D eigenvalue weighted by Crippen LogP contribution is -2.22. The number of rotatable bonds is 2. The van der Waals surface area contributed by atoms with Crippen LogP contribution in [-0.4, -0.2) is 17.3 Å². The summed E-state index contributed by atoms with van der Waals surface area (Å²) in [5.74, 6) is 1.11. The van der Waals surface area contributed by atoms with Gasteiger partial charge in [0, 0.05) is 18.7 Å². The Bertz CT molecular complexity index is 547. The van der Waals surface area contributed by atoms with E-state index in [0.717, 1.165) is 36.5 Å². The molecule has 1 aliphatic rings. The van der Waals surface area contributed by atoms with E-state index in [9.17, 15) is 0 Å². The summed E-state index contributed by atoms with van der Waals surface area (Å²) in [7, 11) is 0. The second-order valence-corrected chi connectivity index (χ2v) is 5.58. The molecule has 19 heavy (non-hydrogen) atoms. The van der Waals surface area contributed by atoms with Gasteiger partial charge in [-0.05, 0) is 44.9 Å². The van der Waals surface area contributed by atoms with Crippen molar-refractivity contribution in [3.8, 4) is 0 Å². The van der Waals surface area contributed by atoms with Gasteiger partial charge in [-0.3, -0.25) is 0 Å². The van der Waals surface area contributed by atoms with Gasteiger partial charge in [-0.1, -0.05) is 29.3 Å². The molecule has 0 saturated carbocycles. The zero-order valence-corrected chi connectivity index (χ0v) is 13.0. The van der Waals surface area contributed by atoms with Crippen molar-refractivity contribution < 1.29 is 0 Å². The third kappa shape index (κ3) is 3.13. The summed E-state index contributed by atoms with van der Waals surface area (Å²) in [4.78, 5) is 7.03. The molecule has 0 radical (unpaired) electrons. The maximum Gasteiger partial charge on any atom is 0.109 e. The van der Waals surface area contributed by atoms with E-state index in [1.165, 1.54) is 5.70 Å². The average molecular weight is 297 g/mol. The first-order valence-electron chi connectivity index (χ1n) is 6.46. The molecule has 0 spiro atoms. The summed E-state index contributed by atoms with van der Waals surface area (Å²) in [6.07, 6.45) is 4.26. The molecule has 1 fully saturated rings. The minimum Gasteiger partial charge on any atom is -0.334 e. The summed E-state index contributed by atoms with van der Waals surface area (Å²) >= 11 is 12.1. The van der Waals surface area contributed by atoms with Crippen LogP contribution in [0.25, 0.3) is 0 Å². The van der Waals surface area contributed by atoms with E-state index in [0.29, 0.717) is 10.0 Å². The zero-order valence-electron chi connectivity index (χ0n) is 11.5. The molecule has 1 aliphatic heterocycles. The fraction of sp³-hybridized carbons (Fsp3) is 0.400. The highest BCUT2D eigenvalue weighted by Gasteiger charge is 2.19. The SMILES string of the molecule is C/C=C(/C)N1CCCC1=Nc1cc(Cl)c(Cl)cc1C. The summed E-state index contributed by atoms with van der Waals surface area (Å²) in [5, 5.41) is 1.13. The zero-order chi connectivity index (χ0) is 14.0. The number of halogens is 2. The van der Waals surface area contributed by atoms with Crippen LogP contribution in [0.3, 0.4) is 0 Å². The highest BCUT2D eigenvalue weighted by molar-refractivity contribution is 6.42. The maximum atomic E-state index is 6.07. The van der Waals surface area contributed by atoms with Crippen LogP contribution in [0.4, 0.5) is 5.69 Å². The van der Waals surface area contributed by atoms with Crippen LogP contribution in [-0.2, 0) is 0 Å². The van der Waals surface area contributed by atoms with Gasteiger partial charge in [-0.2, -0.15) is 0 Å². The summed E-state index contributed by atoms with van der Waals surface area (Å²) in [6, 6.07) is 3.71. The fourth-order valence-corrected chi connectivity index (χ4v) is 2.58. The Morgan fingerprint density at radius 2 is 2.00 bits per heavy atom. The minimum atomic E-state index is 0.555. The van der Waals surface area contributed by atoms with Crippen molar-refractivity contribution in [3.63, 3.8) is 0 Å². The fourth-order valence-electron chi connectivity index (χ4n) is 2.21. The van der Waals surface area contributed by atoms with Crippen LogP contribution in [0.1, 0.15) is 32.3 Å². The van der Waals surface area contributed by atoms with Gasteiger partial charge in [0.25, 0.3) is 0 Å². The molecule has 1 saturated heterocycles. The van der Waals surface area contributed by atoms with E-state index in [2.05, 4.69) is 24.8 Å². The second-order valence-electron chi connectivity index (χ2n) is 4.77. The second kappa shape index (κ2) is 5.98. The number of nitrogens with zero attached hydrogens (tertiary/aromatic N) is 2. The minimum absolute atomic E-state index is 0.555. The van der Waals surface area contributed by atoms with E-state index in [4.69, 9.17) is 28.2 Å². The Labute approximate surface area is 124 Å². The first-order chi connectivity index (χ1) is 9.02. The lowest BCUT2D eigenvalue weighted by Gasteiger charge is -2.19. The van der Waals surface area contributed by atoms with Crippen LogP contribution in [0.15, 0.2) is 28.9 Å². The van der Waals surface area contributed by atoms with Crippen molar-refractivity contribution in [1.82, 2.24) is 4.90 Å². The smallest absolute Gasteiger partial charge is 0.109 e. The summed E-state index contributed by atoms with van der Waals surface area (Å²) in [5.41, 5.74) is 3.20. The van der Waals surface area contributed by atoms with Crippen molar-refractivity contribution in [2.75, 3.05) is 6.54 Å². The maximum absolute atomic E-state index is 6.07. The predicted octanol–water partition coefficient (Wildman–Crippen LogP) is 5.35. The van der Waals surface area contributed by atoms with E-state index < -0.39 is 0 Å². The highest BCUT2D eigenvalue weighted by atomic mass is 35.5. The topological polar surface area (TPSA) is 15.6 Å². The van der Waals surface area contributed by atoms with Crippen molar-refractivity contribution in [2.45, 2.75) is 33.6 Å². The van der Waals surface area contributed by atoms with E-state index in [1.807, 2.05) is 19.1 Å². The number of aryl methyl sites for hydroxylation is 1. The molecule has 0 N–H and O–H groups in total. The Kier molecular flexibility index (Phi) is 4.54. The molecule has 0 atom stereocenters. The molecular weight excluding hydrogens is 279 g/mol. The van der Waals surface area contributed by atoms with Crippen molar-refractivity contribution in [1.29, 1.82) is 0 Å². The highest BCUT2D eigenvalue weighted by Crippen LogP contribution is 2.31. The van der Waals surface area contributed by atoms with Gasteiger partial charge in [-0.15, -0.1) is 0 Å². The molecule has 102 valence electrons. The quantitative estimate of drug-likeness (QED) is 0.718. The third-order valence-electron chi connectivity index (χ3n) is 3.43. The molecular formula is C15H18Cl2N2. The monoisotopic (exact) mass is 296 g/mol. The molecule has 2 rings (SSSR count). The van der Waals surface area contributed by atoms with Crippen LogP contribution >= 0.6 is 23.2 Å². The molecule has 0 amide bonds. The van der Waals surface area contributed by atoms with Crippen molar-refractivity contribution >= 4 is 34.7 Å². The standard InChI is InChI=1S/C15H18Cl2N2/c1-4-11(3)19-7-5-6-15(19)18-14-9-13(17)12(16)8-10(14)2/h4,8-9H,5-7H2,1-3H3/b11-4-,18-15?. The number of aliphatic imine (C=N–C) groups is 1. The molecule has 1 heterocycles. The van der Waals surface area contributed by atoms with E-state index >= 15 is 0 Å². The molecule has 0 bridgehead atoms. The lowest BCUT2D eigenvalue weighted by molar-refractivity contribution is 0.555. The number of allylic oxidation sites excluding steroid dienone is 2. The van der Waals surface area contributed by atoms with Gasteiger partial charge in [0.05, 0.1) is 15.7 Å². The molecule has 4 heteroatoms. The molecule has 2 nitrogen and oxygen atoms in total. The normalized spacial score (nSPS) is 18.5. The number of hydrogen-bond donors (Lipinski definition) is 0. The lowest BCUT2D eigenvalue weighted by atomic mass is 10.2. The first-order valence-corrected chi connectivity index (χ1v) is 7.22. The van der Waals surface area contributed by atoms with Gasteiger partial charge >= 0.3 is 0 Å². The summed E-state index contributed by atoms with van der Waals surface area (Å²) in [6.45, 7) is 7.21. The number of hydrogen-bond acceptors (Lipinski definition) is 1. The predicted molar refractivity (Wildman–Crippen MR) is 83.7 cm³/mol. The number of benzene rings is 1. The Morgan fingerprint density at radius 1 is 1.32 bits per heavy atom. The Morgan fingerprint density at radius 3 is 2.68 bits per heavy atom. The van der Waals surface area contributed by atoms with Crippen LogP contribution in [0.2, 0.25) is 10.0 Å². The van der Waals surface area contributed by atoms with Crippen LogP contribution < -0.4 is 0 Å². The van der Waals surface area contributed by atoms with Crippen molar-refractivity contribution in [2.24, 2.45) is 4.99 Å². The van der Waals surface area contributed by atoms with E-state index in [1.54, 1.807) is 0 Å². The molecule has 0 unspecified atom stereocenters. The molecule has 1 aromatic carbocycles. The van der Waals surface area contributed by atoms with Crippen LogP contribution in [0, 0.1) is 6.92 Å². The van der Waals surface area contributed by atoms with Crippen molar-refractivity contribution in [3.05, 3.63) is 39.5 Å². The van der Waals surface area contributed by atoms with Gasteiger partial charge in [-0.25, -0.2) is 4.99 Å². The van der Waals surface area contributed by atoms with Crippen LogP contribution in [0.5, 0.6) is 0 Å². The molecule has 0 aliphatic carbocycles. The molecule has 0 aromatic heterocycles. The summed E-state index contributed by atoms with van der Waals surface area (Å²) < 4.78 is 0. The number of likely N-dealkylation sites (tertiary alicyclic amines) is 1. The van der Waals surface area contributed by atoms with Gasteiger partial charge < -0.3 is 4.90 Å². The molecule has 1 aromatic rings. The largest absolute Gasteiger partial charge is 0.334 e. The third-order valence-corrected chi connectivity index (χ3v) is 4.15.